The number of ether oxygens (including phenoxy) is 1. The lowest BCUT2D eigenvalue weighted by atomic mass is 9.65. The second-order valence-electron chi connectivity index (χ2n) is 8.74. The number of hydrogen-bond acceptors (Lipinski definition) is 5. The molecular weight excluding hydrogens is 390 g/mol. The number of allylic oxidation sites excluding steroid dienone is 7. The van der Waals surface area contributed by atoms with Crippen LogP contribution >= 0.6 is 0 Å². The fraction of sp³-hybridized carbons (Fsp3) is 0.385. The van der Waals surface area contributed by atoms with Crippen LogP contribution in [-0.4, -0.2) is 28.8 Å². The highest BCUT2D eigenvalue weighted by Gasteiger charge is 2.46. The van der Waals surface area contributed by atoms with Crippen LogP contribution in [0.15, 0.2) is 69.5 Å². The minimum atomic E-state index is -1.15. The van der Waals surface area contributed by atoms with Crippen LogP contribution < -0.4 is 4.74 Å². The number of carbonyl (C=O) groups is 1. The van der Waals surface area contributed by atoms with Crippen molar-refractivity contribution in [3.05, 3.63) is 75.6 Å². The molecule has 0 fully saturated rings. The Morgan fingerprint density at radius 3 is 2.32 bits per heavy atom. The van der Waals surface area contributed by atoms with E-state index in [1.165, 1.54) is 7.11 Å². The molecule has 0 aromatic heterocycles. The number of carbonyl (C=O) groups excluding carboxylic acids is 1. The third-order valence-electron chi connectivity index (χ3n) is 6.03. The van der Waals surface area contributed by atoms with Crippen molar-refractivity contribution in [3.63, 3.8) is 0 Å². The van der Waals surface area contributed by atoms with Crippen LogP contribution in [0, 0.1) is 5.41 Å². The molecule has 2 N–H and O–H groups in total. The van der Waals surface area contributed by atoms with Crippen molar-refractivity contribution in [3.8, 4) is 5.75 Å². The average molecular weight is 422 g/mol. The van der Waals surface area contributed by atoms with Gasteiger partial charge in [-0.2, -0.15) is 0 Å². The van der Waals surface area contributed by atoms with Crippen LogP contribution in [0.4, 0.5) is 0 Å². The summed E-state index contributed by atoms with van der Waals surface area (Å²) in [7, 11) is 1.53. The number of aliphatic imine (C=N–C) groups is 1. The summed E-state index contributed by atoms with van der Waals surface area (Å²) in [6, 6.07) is 5.33. The van der Waals surface area contributed by atoms with E-state index >= 15 is 0 Å². The van der Waals surface area contributed by atoms with Crippen molar-refractivity contribution in [1.82, 2.24) is 0 Å². The molecule has 5 heteroatoms. The summed E-state index contributed by atoms with van der Waals surface area (Å²) in [5.74, 6) is 0.204. The van der Waals surface area contributed by atoms with Gasteiger partial charge in [0.1, 0.15) is 11.5 Å². The van der Waals surface area contributed by atoms with Gasteiger partial charge in [0.15, 0.2) is 12.0 Å². The molecule has 1 atom stereocenters. The van der Waals surface area contributed by atoms with Gasteiger partial charge in [-0.05, 0) is 59.6 Å². The quantitative estimate of drug-likeness (QED) is 0.592. The van der Waals surface area contributed by atoms with Crippen molar-refractivity contribution >= 4 is 11.5 Å². The Bertz CT molecular complexity index is 1040. The minimum absolute atomic E-state index is 0.117. The highest BCUT2D eigenvalue weighted by atomic mass is 16.5. The summed E-state index contributed by atoms with van der Waals surface area (Å²) in [6.45, 7) is 9.93. The Balaban J connectivity index is 2.18. The number of aliphatic hydroxyl groups excluding tert-OH is 2. The molecule has 164 valence electrons. The molecule has 1 heterocycles. The number of methoxy groups -OCH3 is 1. The molecule has 1 unspecified atom stereocenters. The van der Waals surface area contributed by atoms with Gasteiger partial charge in [-0.1, -0.05) is 41.0 Å². The predicted octanol–water partition coefficient (Wildman–Crippen LogP) is 5.53. The predicted molar refractivity (Wildman–Crippen MR) is 123 cm³/mol. The molecule has 1 aromatic rings. The zero-order valence-electron chi connectivity index (χ0n) is 19.1. The molecular formula is C26H31NO4. The van der Waals surface area contributed by atoms with Crippen molar-refractivity contribution in [2.75, 3.05) is 7.11 Å². The third-order valence-corrected chi connectivity index (χ3v) is 6.03. The van der Waals surface area contributed by atoms with E-state index in [1.54, 1.807) is 24.3 Å². The lowest BCUT2D eigenvalue weighted by molar-refractivity contribution is -0.122. The SMILES string of the molecule is COc1cccc2c1C(O)N=C2C1=C(O)C=C(C)C(CC=C(C)C)(CC=C(C)C)C1=O. The van der Waals surface area contributed by atoms with Crippen molar-refractivity contribution in [2.45, 2.75) is 53.7 Å². The molecule has 1 aliphatic heterocycles. The van der Waals surface area contributed by atoms with Crippen LogP contribution in [0.2, 0.25) is 0 Å². The van der Waals surface area contributed by atoms with Gasteiger partial charge in [0.25, 0.3) is 0 Å². The summed E-state index contributed by atoms with van der Waals surface area (Å²) in [5.41, 5.74) is 3.84. The topological polar surface area (TPSA) is 79.1 Å². The highest BCUT2D eigenvalue weighted by Crippen LogP contribution is 2.46. The van der Waals surface area contributed by atoms with Gasteiger partial charge >= 0.3 is 0 Å². The maximum absolute atomic E-state index is 14.0. The number of aliphatic hydroxyl groups is 2. The summed E-state index contributed by atoms with van der Waals surface area (Å²) in [4.78, 5) is 18.4. The highest BCUT2D eigenvalue weighted by molar-refractivity contribution is 6.32. The Morgan fingerprint density at radius 1 is 1.16 bits per heavy atom. The molecule has 0 saturated carbocycles. The molecule has 0 radical (unpaired) electrons. The Labute approximate surface area is 184 Å². The van der Waals surface area contributed by atoms with Crippen molar-refractivity contribution in [1.29, 1.82) is 0 Å². The fourth-order valence-corrected chi connectivity index (χ4v) is 4.18. The van der Waals surface area contributed by atoms with Gasteiger partial charge in [-0.15, -0.1) is 0 Å². The third kappa shape index (κ3) is 4.02. The van der Waals surface area contributed by atoms with E-state index in [2.05, 4.69) is 17.1 Å². The molecule has 0 saturated heterocycles. The van der Waals surface area contributed by atoms with Crippen LogP contribution in [-0.2, 0) is 4.79 Å². The molecule has 0 amide bonds. The number of nitrogens with zero attached hydrogens (tertiary/aromatic N) is 1. The first-order chi connectivity index (χ1) is 14.6. The van der Waals surface area contributed by atoms with E-state index in [0.29, 0.717) is 35.4 Å². The number of hydrogen-bond donors (Lipinski definition) is 2. The largest absolute Gasteiger partial charge is 0.507 e. The first-order valence-electron chi connectivity index (χ1n) is 10.5. The first kappa shape index (κ1) is 22.8. The lowest BCUT2D eigenvalue weighted by Crippen LogP contribution is -2.38. The second-order valence-corrected chi connectivity index (χ2v) is 8.74. The zero-order valence-corrected chi connectivity index (χ0v) is 19.1. The zero-order chi connectivity index (χ0) is 22.9. The first-order valence-corrected chi connectivity index (χ1v) is 10.5. The number of fused-ring (bicyclic) bond motifs is 1. The average Bonchev–Trinajstić information content (AvgIpc) is 3.03. The summed E-state index contributed by atoms with van der Waals surface area (Å²) in [6.07, 6.45) is 5.70. The molecule has 0 bridgehead atoms. The van der Waals surface area contributed by atoms with E-state index in [-0.39, 0.29) is 17.1 Å². The van der Waals surface area contributed by atoms with Crippen LogP contribution in [0.1, 0.15) is 64.8 Å². The fourth-order valence-electron chi connectivity index (χ4n) is 4.18. The number of rotatable bonds is 6. The van der Waals surface area contributed by atoms with Gasteiger partial charge in [-0.3, -0.25) is 4.79 Å². The van der Waals surface area contributed by atoms with E-state index in [9.17, 15) is 15.0 Å². The standard InChI is InChI=1S/C26H31NO4/c1-15(2)10-12-26(13-11-16(3)4)17(5)14-19(28)22(24(26)29)23-18-8-7-9-20(31-6)21(18)25(30)27-23/h7-11,14,25,28,30H,12-13H2,1-6H3. The number of benzene rings is 1. The smallest absolute Gasteiger partial charge is 0.179 e. The summed E-state index contributed by atoms with van der Waals surface area (Å²) < 4.78 is 5.38. The van der Waals surface area contributed by atoms with E-state index in [0.717, 1.165) is 16.7 Å². The molecule has 1 aromatic carbocycles. The Kier molecular flexibility index (Phi) is 6.37. The normalized spacial score (nSPS) is 19.5. The number of Topliss-reactive ketones (excluding diaryl/α,β-unsaturated/α-hetero) is 1. The van der Waals surface area contributed by atoms with Crippen molar-refractivity contribution in [2.24, 2.45) is 10.4 Å². The molecule has 3 rings (SSSR count). The maximum atomic E-state index is 14.0. The molecule has 31 heavy (non-hydrogen) atoms. The Morgan fingerprint density at radius 2 is 1.77 bits per heavy atom. The molecule has 2 aliphatic rings. The van der Waals surface area contributed by atoms with Gasteiger partial charge in [0.2, 0.25) is 0 Å². The number of ketones is 1. The van der Waals surface area contributed by atoms with Gasteiger partial charge in [0.05, 0.1) is 29.4 Å². The van der Waals surface area contributed by atoms with Crippen LogP contribution in [0.5, 0.6) is 5.75 Å². The van der Waals surface area contributed by atoms with E-state index in [4.69, 9.17) is 4.74 Å². The van der Waals surface area contributed by atoms with E-state index < -0.39 is 11.6 Å². The summed E-state index contributed by atoms with van der Waals surface area (Å²) >= 11 is 0. The molecule has 1 aliphatic carbocycles. The van der Waals surface area contributed by atoms with E-state index in [1.807, 2.05) is 34.6 Å². The van der Waals surface area contributed by atoms with Gasteiger partial charge in [-0.25, -0.2) is 4.99 Å². The Hall–Kier alpha value is -2.92. The lowest BCUT2D eigenvalue weighted by Gasteiger charge is -2.36. The maximum Gasteiger partial charge on any atom is 0.179 e. The second kappa shape index (κ2) is 8.67. The van der Waals surface area contributed by atoms with Crippen LogP contribution in [0.25, 0.3) is 0 Å². The molecule has 0 spiro atoms. The van der Waals surface area contributed by atoms with Gasteiger partial charge in [0, 0.05) is 5.56 Å². The van der Waals surface area contributed by atoms with Gasteiger partial charge < -0.3 is 14.9 Å². The summed E-state index contributed by atoms with van der Waals surface area (Å²) in [5, 5.41) is 21.4. The van der Waals surface area contributed by atoms with Crippen molar-refractivity contribution < 1.29 is 19.7 Å². The van der Waals surface area contributed by atoms with Crippen LogP contribution in [0.3, 0.4) is 0 Å². The molecule has 5 nitrogen and oxygen atoms in total. The minimum Gasteiger partial charge on any atom is -0.507 e. The monoisotopic (exact) mass is 421 g/mol.